The van der Waals surface area contributed by atoms with Gasteiger partial charge in [-0.15, -0.1) is 0 Å². The Hall–Kier alpha value is -1.62. The molecule has 0 aliphatic heterocycles. The fourth-order valence-electron chi connectivity index (χ4n) is 1.62. The van der Waals surface area contributed by atoms with Crippen LogP contribution in [0.1, 0.15) is 38.8 Å². The van der Waals surface area contributed by atoms with Gasteiger partial charge in [-0.3, -0.25) is 4.79 Å². The highest BCUT2D eigenvalue weighted by molar-refractivity contribution is 5.80. The summed E-state index contributed by atoms with van der Waals surface area (Å²) in [6, 6.07) is 3.75. The van der Waals surface area contributed by atoms with Gasteiger partial charge in [0.25, 0.3) is 5.91 Å². The number of amides is 1. The van der Waals surface area contributed by atoms with E-state index < -0.39 is 6.10 Å². The van der Waals surface area contributed by atoms with E-state index in [-0.39, 0.29) is 17.8 Å². The van der Waals surface area contributed by atoms with E-state index >= 15 is 0 Å². The minimum Gasteiger partial charge on any atom is -0.481 e. The minimum absolute atomic E-state index is 0.193. The van der Waals surface area contributed by atoms with Crippen molar-refractivity contribution in [1.82, 2.24) is 5.32 Å². The van der Waals surface area contributed by atoms with E-state index in [1.165, 1.54) is 18.2 Å². The van der Waals surface area contributed by atoms with Crippen LogP contribution in [0.5, 0.6) is 5.75 Å². The van der Waals surface area contributed by atoms with Crippen molar-refractivity contribution in [1.29, 1.82) is 0 Å². The Morgan fingerprint density at radius 3 is 2.74 bits per heavy atom. The van der Waals surface area contributed by atoms with E-state index in [1.807, 2.05) is 6.92 Å². The van der Waals surface area contributed by atoms with Crippen molar-refractivity contribution in [2.45, 2.75) is 39.3 Å². The van der Waals surface area contributed by atoms with Gasteiger partial charge in [-0.2, -0.15) is 0 Å². The molecule has 1 amide bonds. The summed E-state index contributed by atoms with van der Waals surface area (Å²) >= 11 is 0. The number of nitrogens with one attached hydrogen (secondary N) is 1. The molecule has 1 rings (SSSR count). The molecule has 0 saturated heterocycles. The summed E-state index contributed by atoms with van der Waals surface area (Å²) in [5.41, 5.74) is 6.32. The Labute approximate surface area is 113 Å². The summed E-state index contributed by atoms with van der Waals surface area (Å²) in [4.78, 5) is 11.7. The average Bonchev–Trinajstić information content (AvgIpc) is 2.37. The fraction of sp³-hybridized carbons (Fsp3) is 0.500. The zero-order valence-corrected chi connectivity index (χ0v) is 11.6. The number of hydrogen-bond donors (Lipinski definition) is 2. The van der Waals surface area contributed by atoms with Crippen molar-refractivity contribution in [2.24, 2.45) is 5.73 Å². The monoisotopic (exact) mass is 268 g/mol. The van der Waals surface area contributed by atoms with Gasteiger partial charge in [0, 0.05) is 18.2 Å². The molecule has 0 aliphatic rings. The van der Waals surface area contributed by atoms with E-state index in [0.29, 0.717) is 17.9 Å². The van der Waals surface area contributed by atoms with Crippen LogP contribution in [-0.4, -0.2) is 18.6 Å². The second-order valence-corrected chi connectivity index (χ2v) is 4.52. The van der Waals surface area contributed by atoms with E-state index in [9.17, 15) is 9.18 Å². The van der Waals surface area contributed by atoms with Crippen molar-refractivity contribution in [2.75, 3.05) is 6.54 Å². The van der Waals surface area contributed by atoms with Crippen LogP contribution in [0.2, 0.25) is 0 Å². The summed E-state index contributed by atoms with van der Waals surface area (Å²) in [5.74, 6) is -0.125. The summed E-state index contributed by atoms with van der Waals surface area (Å²) in [6.45, 7) is 5.97. The predicted octanol–water partition coefficient (Wildman–Crippen LogP) is 2.14. The molecule has 0 bridgehead atoms. The molecule has 2 atom stereocenters. The molecule has 0 aliphatic carbocycles. The third-order valence-corrected chi connectivity index (χ3v) is 2.68. The molecule has 3 N–H and O–H groups in total. The first-order valence-corrected chi connectivity index (χ1v) is 6.45. The lowest BCUT2D eigenvalue weighted by Gasteiger charge is -2.18. The van der Waals surface area contributed by atoms with Crippen molar-refractivity contribution < 1.29 is 13.9 Å². The highest BCUT2D eigenvalue weighted by Crippen LogP contribution is 2.25. The first-order valence-electron chi connectivity index (χ1n) is 6.45. The molecule has 106 valence electrons. The topological polar surface area (TPSA) is 64.3 Å². The first kappa shape index (κ1) is 15.4. The van der Waals surface area contributed by atoms with E-state index in [1.54, 1.807) is 13.8 Å². The van der Waals surface area contributed by atoms with Crippen LogP contribution in [-0.2, 0) is 4.79 Å². The Morgan fingerprint density at radius 1 is 1.47 bits per heavy atom. The molecule has 0 radical (unpaired) electrons. The standard InChI is InChI=1S/C14H21FN2O2/c1-4-7-17-14(18)10(3)19-13-6-5-11(15)8-12(13)9(2)16/h5-6,8-10H,4,7,16H2,1-3H3,(H,17,18)/t9-,10?/m0/s1. The molecule has 1 aromatic carbocycles. The van der Waals surface area contributed by atoms with Gasteiger partial charge >= 0.3 is 0 Å². The van der Waals surface area contributed by atoms with Gasteiger partial charge in [0.1, 0.15) is 11.6 Å². The van der Waals surface area contributed by atoms with Crippen molar-refractivity contribution in [3.05, 3.63) is 29.6 Å². The van der Waals surface area contributed by atoms with Crippen molar-refractivity contribution in [3.63, 3.8) is 0 Å². The van der Waals surface area contributed by atoms with Crippen molar-refractivity contribution >= 4 is 5.91 Å². The molecule has 19 heavy (non-hydrogen) atoms. The van der Waals surface area contributed by atoms with E-state index in [4.69, 9.17) is 10.5 Å². The summed E-state index contributed by atoms with van der Waals surface area (Å²) in [6.07, 6.45) is 0.217. The summed E-state index contributed by atoms with van der Waals surface area (Å²) in [5, 5.41) is 2.74. The van der Waals surface area contributed by atoms with Gasteiger partial charge in [-0.05, 0) is 38.5 Å². The molecular formula is C14H21FN2O2. The number of hydrogen-bond acceptors (Lipinski definition) is 3. The maximum absolute atomic E-state index is 13.2. The molecule has 1 aromatic rings. The highest BCUT2D eigenvalue weighted by atomic mass is 19.1. The lowest BCUT2D eigenvalue weighted by atomic mass is 10.1. The number of halogens is 1. The molecule has 0 aromatic heterocycles. The Balaban J connectivity index is 2.78. The van der Waals surface area contributed by atoms with Gasteiger partial charge < -0.3 is 15.8 Å². The molecule has 0 heterocycles. The van der Waals surface area contributed by atoms with Crippen LogP contribution >= 0.6 is 0 Å². The normalized spacial score (nSPS) is 13.7. The predicted molar refractivity (Wildman–Crippen MR) is 72.4 cm³/mol. The van der Waals surface area contributed by atoms with Gasteiger partial charge in [0.05, 0.1) is 0 Å². The zero-order valence-electron chi connectivity index (χ0n) is 11.6. The summed E-state index contributed by atoms with van der Waals surface area (Å²) in [7, 11) is 0. The Morgan fingerprint density at radius 2 is 2.16 bits per heavy atom. The third-order valence-electron chi connectivity index (χ3n) is 2.68. The van der Waals surface area contributed by atoms with Crippen LogP contribution in [0.15, 0.2) is 18.2 Å². The summed E-state index contributed by atoms with van der Waals surface area (Å²) < 4.78 is 18.7. The molecular weight excluding hydrogens is 247 g/mol. The van der Waals surface area contributed by atoms with Gasteiger partial charge in [0.15, 0.2) is 6.10 Å². The number of benzene rings is 1. The Kier molecular flexibility index (Phi) is 5.76. The molecule has 5 heteroatoms. The SMILES string of the molecule is CCCNC(=O)C(C)Oc1ccc(F)cc1[C@H](C)N. The zero-order chi connectivity index (χ0) is 14.4. The van der Waals surface area contributed by atoms with E-state index in [2.05, 4.69) is 5.32 Å². The largest absolute Gasteiger partial charge is 0.481 e. The number of carbonyl (C=O) groups excluding carboxylic acids is 1. The average molecular weight is 268 g/mol. The van der Waals surface area contributed by atoms with Crippen LogP contribution < -0.4 is 15.8 Å². The van der Waals surface area contributed by atoms with Gasteiger partial charge in [-0.1, -0.05) is 6.92 Å². The molecule has 1 unspecified atom stereocenters. The third kappa shape index (κ3) is 4.52. The fourth-order valence-corrected chi connectivity index (χ4v) is 1.62. The van der Waals surface area contributed by atoms with Crippen LogP contribution in [0.4, 0.5) is 4.39 Å². The molecule has 0 saturated carbocycles. The van der Waals surface area contributed by atoms with Gasteiger partial charge in [0.2, 0.25) is 0 Å². The molecule has 4 nitrogen and oxygen atoms in total. The number of nitrogens with two attached hydrogens (primary N) is 1. The smallest absolute Gasteiger partial charge is 0.260 e. The lowest BCUT2D eigenvalue weighted by Crippen LogP contribution is -2.36. The molecule has 0 fully saturated rings. The lowest BCUT2D eigenvalue weighted by molar-refractivity contribution is -0.127. The molecule has 0 spiro atoms. The second kappa shape index (κ2) is 7.09. The van der Waals surface area contributed by atoms with Crippen molar-refractivity contribution in [3.8, 4) is 5.75 Å². The second-order valence-electron chi connectivity index (χ2n) is 4.52. The number of ether oxygens (including phenoxy) is 1. The number of carbonyl (C=O) groups is 1. The number of rotatable bonds is 6. The van der Waals surface area contributed by atoms with Crippen LogP contribution in [0.3, 0.4) is 0 Å². The quantitative estimate of drug-likeness (QED) is 0.830. The van der Waals surface area contributed by atoms with Crippen LogP contribution in [0, 0.1) is 5.82 Å². The van der Waals surface area contributed by atoms with E-state index in [0.717, 1.165) is 6.42 Å². The highest BCUT2D eigenvalue weighted by Gasteiger charge is 2.17. The first-order chi connectivity index (χ1) is 8.95. The maximum Gasteiger partial charge on any atom is 0.260 e. The minimum atomic E-state index is -0.644. The Bertz CT molecular complexity index is 435. The van der Waals surface area contributed by atoms with Crippen LogP contribution in [0.25, 0.3) is 0 Å². The van der Waals surface area contributed by atoms with Gasteiger partial charge in [-0.25, -0.2) is 4.39 Å². The maximum atomic E-state index is 13.2.